The molecule has 1 rings (SSSR count). The van der Waals surface area contributed by atoms with Crippen molar-refractivity contribution in [3.63, 3.8) is 0 Å². The molecule has 0 amide bonds. The second-order valence-corrected chi connectivity index (χ2v) is 4.71. The Bertz CT molecular complexity index is 479. The molecule has 17 heavy (non-hydrogen) atoms. The molecular weight excluding hydrogens is 335 g/mol. The van der Waals surface area contributed by atoms with Gasteiger partial charge in [-0.1, -0.05) is 12.6 Å². The topological polar surface area (TPSA) is 63.6 Å². The lowest BCUT2D eigenvalue weighted by Gasteiger charge is -2.08. The van der Waals surface area contributed by atoms with Crippen molar-refractivity contribution in [2.45, 2.75) is 13.5 Å². The van der Waals surface area contributed by atoms with Crippen molar-refractivity contribution < 1.29 is 19.4 Å². The van der Waals surface area contributed by atoms with Gasteiger partial charge in [0, 0.05) is 14.7 Å². The van der Waals surface area contributed by atoms with Crippen molar-refractivity contribution in [3.05, 3.63) is 45.0 Å². The molecule has 1 aromatic rings. The summed E-state index contributed by atoms with van der Waals surface area (Å²) < 4.78 is 5.73. The average Bonchev–Trinajstić information content (AvgIpc) is 2.26. The molecule has 5 heteroatoms. The van der Waals surface area contributed by atoms with E-state index in [0.29, 0.717) is 5.56 Å². The highest BCUT2D eigenvalue weighted by Gasteiger charge is 2.12. The van der Waals surface area contributed by atoms with Gasteiger partial charge in [-0.05, 0) is 41.6 Å². The second kappa shape index (κ2) is 5.81. The van der Waals surface area contributed by atoms with Crippen molar-refractivity contribution in [1.82, 2.24) is 0 Å². The van der Waals surface area contributed by atoms with Crippen LogP contribution in [0.3, 0.4) is 0 Å². The number of hydrogen-bond donors (Lipinski definition) is 1. The van der Waals surface area contributed by atoms with Crippen LogP contribution in [0.2, 0.25) is 0 Å². The lowest BCUT2D eigenvalue weighted by Crippen LogP contribution is -2.09. The molecule has 0 heterocycles. The lowest BCUT2D eigenvalue weighted by atomic mass is 10.1. The van der Waals surface area contributed by atoms with Gasteiger partial charge < -0.3 is 9.84 Å². The number of ether oxygens (including phenoxy) is 1. The van der Waals surface area contributed by atoms with E-state index in [1.807, 2.05) is 22.6 Å². The summed E-state index contributed by atoms with van der Waals surface area (Å²) in [5.41, 5.74) is 0.895. The van der Waals surface area contributed by atoms with Crippen molar-refractivity contribution in [2.75, 3.05) is 0 Å². The molecule has 0 aromatic heterocycles. The smallest absolute Gasteiger partial charge is 0.336 e. The van der Waals surface area contributed by atoms with Crippen LogP contribution in [0.15, 0.2) is 30.4 Å². The number of carbonyl (C=O) groups is 2. The van der Waals surface area contributed by atoms with Gasteiger partial charge in [0.25, 0.3) is 0 Å². The first-order valence-corrected chi connectivity index (χ1v) is 5.84. The number of hydrogen-bond acceptors (Lipinski definition) is 3. The van der Waals surface area contributed by atoms with Gasteiger partial charge in [-0.15, -0.1) is 0 Å². The molecule has 1 aromatic carbocycles. The Morgan fingerprint density at radius 2 is 2.12 bits per heavy atom. The van der Waals surface area contributed by atoms with Gasteiger partial charge in [0.05, 0.1) is 5.56 Å². The van der Waals surface area contributed by atoms with Crippen LogP contribution in [0.25, 0.3) is 0 Å². The van der Waals surface area contributed by atoms with E-state index in [-0.39, 0.29) is 17.7 Å². The highest BCUT2D eigenvalue weighted by molar-refractivity contribution is 14.1. The van der Waals surface area contributed by atoms with Crippen LogP contribution in [0.1, 0.15) is 22.8 Å². The third kappa shape index (κ3) is 3.85. The number of carboxylic acid groups (broad SMARTS) is 1. The second-order valence-electron chi connectivity index (χ2n) is 3.46. The molecule has 0 radical (unpaired) electrons. The molecule has 0 aliphatic carbocycles. The number of rotatable bonds is 4. The maximum Gasteiger partial charge on any atom is 0.336 e. The van der Waals surface area contributed by atoms with E-state index in [1.54, 1.807) is 12.1 Å². The number of halogens is 1. The van der Waals surface area contributed by atoms with E-state index in [0.717, 1.165) is 3.57 Å². The van der Waals surface area contributed by atoms with Gasteiger partial charge in [0.15, 0.2) is 0 Å². The monoisotopic (exact) mass is 346 g/mol. The fraction of sp³-hybridized carbons (Fsp3) is 0.167. The van der Waals surface area contributed by atoms with Crippen LogP contribution >= 0.6 is 22.6 Å². The SMILES string of the molecule is C=C(C)C(=O)OCc1ccc(I)cc1C(=O)O. The number of benzene rings is 1. The number of aromatic carboxylic acids is 1. The standard InChI is InChI=1S/C12H11IO4/c1-7(2)12(16)17-6-8-3-4-9(13)5-10(8)11(14)15/h3-5H,1,6H2,2H3,(H,14,15). The molecule has 1 N–H and O–H groups in total. The first kappa shape index (κ1) is 13.7. The number of carboxylic acids is 1. The molecule has 0 saturated carbocycles. The molecule has 0 fully saturated rings. The largest absolute Gasteiger partial charge is 0.478 e. The molecule has 0 spiro atoms. The fourth-order valence-electron chi connectivity index (χ4n) is 1.14. The average molecular weight is 346 g/mol. The minimum atomic E-state index is -1.04. The third-order valence-electron chi connectivity index (χ3n) is 2.01. The third-order valence-corrected chi connectivity index (χ3v) is 2.68. The normalized spacial score (nSPS) is 9.76. The summed E-state index contributed by atoms with van der Waals surface area (Å²) in [7, 11) is 0. The minimum absolute atomic E-state index is 0.0652. The van der Waals surface area contributed by atoms with Crippen molar-refractivity contribution >= 4 is 34.5 Å². The first-order valence-electron chi connectivity index (χ1n) is 4.76. The Hall–Kier alpha value is -1.37. The van der Waals surface area contributed by atoms with Crippen LogP contribution < -0.4 is 0 Å². The molecular formula is C12H11IO4. The highest BCUT2D eigenvalue weighted by Crippen LogP contribution is 2.15. The zero-order valence-electron chi connectivity index (χ0n) is 9.20. The fourth-order valence-corrected chi connectivity index (χ4v) is 1.63. The van der Waals surface area contributed by atoms with E-state index >= 15 is 0 Å². The summed E-state index contributed by atoms with van der Waals surface area (Å²) in [4.78, 5) is 22.2. The van der Waals surface area contributed by atoms with Gasteiger partial charge in [-0.2, -0.15) is 0 Å². The first-order chi connectivity index (χ1) is 7.91. The van der Waals surface area contributed by atoms with E-state index in [2.05, 4.69) is 6.58 Å². The molecule has 4 nitrogen and oxygen atoms in total. The zero-order valence-corrected chi connectivity index (χ0v) is 11.4. The van der Waals surface area contributed by atoms with E-state index in [9.17, 15) is 9.59 Å². The highest BCUT2D eigenvalue weighted by atomic mass is 127. The maximum absolute atomic E-state index is 11.2. The predicted octanol–water partition coefficient (Wildman–Crippen LogP) is 2.61. The zero-order chi connectivity index (χ0) is 13.0. The Balaban J connectivity index is 2.87. The Morgan fingerprint density at radius 3 is 2.65 bits per heavy atom. The van der Waals surface area contributed by atoms with E-state index < -0.39 is 11.9 Å². The maximum atomic E-state index is 11.2. The number of esters is 1. The van der Waals surface area contributed by atoms with Gasteiger partial charge >= 0.3 is 11.9 Å². The molecule has 0 atom stereocenters. The molecule has 0 unspecified atom stereocenters. The summed E-state index contributed by atoms with van der Waals surface area (Å²) >= 11 is 2.02. The predicted molar refractivity (Wildman–Crippen MR) is 70.7 cm³/mol. The lowest BCUT2D eigenvalue weighted by molar-refractivity contribution is -0.140. The van der Waals surface area contributed by atoms with Crippen LogP contribution in [-0.4, -0.2) is 17.0 Å². The Kier molecular flexibility index (Phi) is 4.68. The minimum Gasteiger partial charge on any atom is -0.478 e. The summed E-state index contributed by atoms with van der Waals surface area (Å²) in [5.74, 6) is -1.57. The van der Waals surface area contributed by atoms with Gasteiger partial charge in [0.2, 0.25) is 0 Å². The van der Waals surface area contributed by atoms with E-state index in [4.69, 9.17) is 9.84 Å². The molecule has 0 saturated heterocycles. The quantitative estimate of drug-likeness (QED) is 0.517. The Morgan fingerprint density at radius 1 is 1.47 bits per heavy atom. The molecule has 0 bridgehead atoms. The summed E-state index contributed by atoms with van der Waals surface area (Å²) in [6.07, 6.45) is 0. The van der Waals surface area contributed by atoms with Crippen LogP contribution in [-0.2, 0) is 16.1 Å². The molecule has 90 valence electrons. The van der Waals surface area contributed by atoms with Crippen molar-refractivity contribution in [1.29, 1.82) is 0 Å². The number of carbonyl (C=O) groups excluding carboxylic acids is 1. The van der Waals surface area contributed by atoms with Gasteiger partial charge in [-0.25, -0.2) is 9.59 Å². The van der Waals surface area contributed by atoms with Crippen LogP contribution in [0.5, 0.6) is 0 Å². The van der Waals surface area contributed by atoms with Crippen molar-refractivity contribution in [3.8, 4) is 0 Å². The summed E-state index contributed by atoms with van der Waals surface area (Å²) in [6.45, 7) is 4.92. The Labute approximate surface area is 112 Å². The van der Waals surface area contributed by atoms with Crippen molar-refractivity contribution in [2.24, 2.45) is 0 Å². The summed E-state index contributed by atoms with van der Waals surface area (Å²) in [6, 6.07) is 4.93. The summed E-state index contributed by atoms with van der Waals surface area (Å²) in [5, 5.41) is 9.00. The van der Waals surface area contributed by atoms with E-state index in [1.165, 1.54) is 13.0 Å². The van der Waals surface area contributed by atoms with Crippen LogP contribution in [0, 0.1) is 3.57 Å². The van der Waals surface area contributed by atoms with Gasteiger partial charge in [0.1, 0.15) is 6.61 Å². The molecule has 0 aliphatic rings. The van der Waals surface area contributed by atoms with Gasteiger partial charge in [-0.3, -0.25) is 0 Å². The molecule has 0 aliphatic heterocycles. The van der Waals surface area contributed by atoms with Crippen LogP contribution in [0.4, 0.5) is 0 Å².